The average molecular weight is 293 g/mol. The molecule has 0 aliphatic heterocycles. The Morgan fingerprint density at radius 1 is 1.35 bits per heavy atom. The fraction of sp³-hybridized carbons (Fsp3) is 0.231. The zero-order valence-electron chi connectivity index (χ0n) is 9.68. The van der Waals surface area contributed by atoms with Gasteiger partial charge < -0.3 is 5.11 Å². The lowest BCUT2D eigenvalue weighted by atomic mass is 10.1. The molecule has 0 aliphatic carbocycles. The normalized spacial score (nSPS) is 12.5. The zero-order chi connectivity index (χ0) is 12.4. The molecule has 0 spiro atoms. The molecule has 2 rings (SSSR count). The highest BCUT2D eigenvalue weighted by atomic mass is 79.9. The molecule has 17 heavy (non-hydrogen) atoms. The van der Waals surface area contributed by atoms with Gasteiger partial charge in [0.25, 0.3) is 0 Å². The lowest BCUT2D eigenvalue weighted by Gasteiger charge is -2.09. The SMILES string of the molecule is Cc1nc(-c2cccc(Br)c2)ncc1[C@@H](C)O. The van der Waals surface area contributed by atoms with Gasteiger partial charge in [-0.15, -0.1) is 0 Å². The van der Waals surface area contributed by atoms with E-state index in [1.54, 1.807) is 13.1 Å². The number of rotatable bonds is 2. The van der Waals surface area contributed by atoms with Gasteiger partial charge in [-0.05, 0) is 26.0 Å². The Labute approximate surface area is 109 Å². The van der Waals surface area contributed by atoms with Gasteiger partial charge in [-0.1, -0.05) is 28.1 Å². The van der Waals surface area contributed by atoms with Crippen LogP contribution >= 0.6 is 15.9 Å². The van der Waals surface area contributed by atoms with E-state index in [1.165, 1.54) is 0 Å². The summed E-state index contributed by atoms with van der Waals surface area (Å²) in [7, 11) is 0. The Morgan fingerprint density at radius 3 is 2.71 bits per heavy atom. The second-order valence-electron chi connectivity index (χ2n) is 3.92. The molecule has 0 saturated carbocycles. The average Bonchev–Trinajstić information content (AvgIpc) is 2.28. The van der Waals surface area contributed by atoms with E-state index in [1.807, 2.05) is 31.2 Å². The molecule has 0 amide bonds. The fourth-order valence-electron chi connectivity index (χ4n) is 1.65. The number of hydrogen-bond acceptors (Lipinski definition) is 3. The smallest absolute Gasteiger partial charge is 0.159 e. The van der Waals surface area contributed by atoms with Crippen LogP contribution in [0.15, 0.2) is 34.9 Å². The van der Waals surface area contributed by atoms with Crippen molar-refractivity contribution in [1.82, 2.24) is 9.97 Å². The van der Waals surface area contributed by atoms with Crippen molar-refractivity contribution in [3.8, 4) is 11.4 Å². The molecule has 0 aliphatic rings. The quantitative estimate of drug-likeness (QED) is 0.924. The Balaban J connectivity index is 2.44. The number of aliphatic hydroxyl groups is 1. The molecule has 0 saturated heterocycles. The van der Waals surface area contributed by atoms with Gasteiger partial charge in [-0.2, -0.15) is 0 Å². The Hall–Kier alpha value is -1.26. The predicted octanol–water partition coefficient (Wildman–Crippen LogP) is 3.27. The van der Waals surface area contributed by atoms with Crippen LogP contribution in [-0.2, 0) is 0 Å². The molecule has 1 aromatic carbocycles. The minimum absolute atomic E-state index is 0.536. The standard InChI is InChI=1S/C13H13BrN2O/c1-8-12(9(2)17)7-15-13(16-8)10-4-3-5-11(14)6-10/h3-7,9,17H,1-2H3/t9-/m1/s1. The summed E-state index contributed by atoms with van der Waals surface area (Å²) in [6.45, 7) is 3.59. The highest BCUT2D eigenvalue weighted by Gasteiger charge is 2.09. The van der Waals surface area contributed by atoms with Crippen LogP contribution in [0, 0.1) is 6.92 Å². The van der Waals surface area contributed by atoms with Crippen molar-refractivity contribution >= 4 is 15.9 Å². The van der Waals surface area contributed by atoms with Crippen molar-refractivity contribution in [2.24, 2.45) is 0 Å². The number of aliphatic hydroxyl groups excluding tert-OH is 1. The number of halogens is 1. The van der Waals surface area contributed by atoms with Crippen molar-refractivity contribution in [3.05, 3.63) is 46.2 Å². The summed E-state index contributed by atoms with van der Waals surface area (Å²) < 4.78 is 0.996. The molecule has 2 aromatic rings. The lowest BCUT2D eigenvalue weighted by molar-refractivity contribution is 0.197. The molecule has 4 heteroatoms. The van der Waals surface area contributed by atoms with Gasteiger partial charge in [0, 0.05) is 27.5 Å². The van der Waals surface area contributed by atoms with Crippen molar-refractivity contribution < 1.29 is 5.11 Å². The summed E-state index contributed by atoms with van der Waals surface area (Å²) >= 11 is 3.42. The first-order valence-corrected chi connectivity index (χ1v) is 6.15. The lowest BCUT2D eigenvalue weighted by Crippen LogP contribution is -2.01. The monoisotopic (exact) mass is 292 g/mol. The van der Waals surface area contributed by atoms with Crippen molar-refractivity contribution in [2.75, 3.05) is 0 Å². The predicted molar refractivity (Wildman–Crippen MR) is 70.5 cm³/mol. The molecule has 0 unspecified atom stereocenters. The van der Waals surface area contributed by atoms with E-state index in [9.17, 15) is 5.11 Å². The maximum atomic E-state index is 9.52. The third kappa shape index (κ3) is 2.70. The van der Waals surface area contributed by atoms with E-state index in [4.69, 9.17) is 0 Å². The molecule has 0 bridgehead atoms. The van der Waals surface area contributed by atoms with Crippen LogP contribution in [0.2, 0.25) is 0 Å². The molecule has 1 heterocycles. The van der Waals surface area contributed by atoms with Crippen LogP contribution in [-0.4, -0.2) is 15.1 Å². The Kier molecular flexibility index (Phi) is 3.54. The summed E-state index contributed by atoms with van der Waals surface area (Å²) in [5, 5.41) is 9.52. The number of nitrogens with zero attached hydrogens (tertiary/aromatic N) is 2. The van der Waals surface area contributed by atoms with Gasteiger partial charge in [0.1, 0.15) is 0 Å². The first kappa shape index (κ1) is 12.2. The van der Waals surface area contributed by atoms with Crippen LogP contribution in [0.1, 0.15) is 24.3 Å². The summed E-state index contributed by atoms with van der Waals surface area (Å²) in [6.07, 6.45) is 1.15. The van der Waals surface area contributed by atoms with Crippen LogP contribution in [0.3, 0.4) is 0 Å². The molecule has 88 valence electrons. The maximum absolute atomic E-state index is 9.52. The molecule has 1 aromatic heterocycles. The van der Waals surface area contributed by atoms with Gasteiger partial charge in [0.05, 0.1) is 6.10 Å². The van der Waals surface area contributed by atoms with Crippen LogP contribution in [0.25, 0.3) is 11.4 Å². The summed E-state index contributed by atoms with van der Waals surface area (Å²) in [6, 6.07) is 7.83. The van der Waals surface area contributed by atoms with Crippen molar-refractivity contribution in [3.63, 3.8) is 0 Å². The van der Waals surface area contributed by atoms with E-state index in [-0.39, 0.29) is 0 Å². The number of aromatic nitrogens is 2. The van der Waals surface area contributed by atoms with E-state index < -0.39 is 6.10 Å². The highest BCUT2D eigenvalue weighted by Crippen LogP contribution is 2.22. The van der Waals surface area contributed by atoms with Gasteiger partial charge in [0.2, 0.25) is 0 Å². The minimum atomic E-state index is -0.536. The molecular formula is C13H13BrN2O. The summed E-state index contributed by atoms with van der Waals surface area (Å²) in [4.78, 5) is 8.69. The minimum Gasteiger partial charge on any atom is -0.389 e. The molecule has 1 N–H and O–H groups in total. The second kappa shape index (κ2) is 4.94. The number of benzene rings is 1. The summed E-state index contributed by atoms with van der Waals surface area (Å²) in [5.74, 6) is 0.674. The first-order valence-electron chi connectivity index (χ1n) is 5.35. The Morgan fingerprint density at radius 2 is 2.12 bits per heavy atom. The third-order valence-electron chi connectivity index (χ3n) is 2.55. The first-order chi connectivity index (χ1) is 8.08. The fourth-order valence-corrected chi connectivity index (χ4v) is 2.05. The van der Waals surface area contributed by atoms with E-state index in [0.29, 0.717) is 5.82 Å². The van der Waals surface area contributed by atoms with Crippen LogP contribution in [0.4, 0.5) is 0 Å². The van der Waals surface area contributed by atoms with Gasteiger partial charge in [-0.3, -0.25) is 0 Å². The maximum Gasteiger partial charge on any atom is 0.159 e. The largest absolute Gasteiger partial charge is 0.389 e. The number of aryl methyl sites for hydroxylation is 1. The molecule has 0 radical (unpaired) electrons. The summed E-state index contributed by atoms with van der Waals surface area (Å²) in [5.41, 5.74) is 2.54. The van der Waals surface area contributed by atoms with E-state index >= 15 is 0 Å². The second-order valence-corrected chi connectivity index (χ2v) is 4.84. The van der Waals surface area contributed by atoms with Gasteiger partial charge >= 0.3 is 0 Å². The van der Waals surface area contributed by atoms with Gasteiger partial charge in [-0.25, -0.2) is 9.97 Å². The zero-order valence-corrected chi connectivity index (χ0v) is 11.3. The highest BCUT2D eigenvalue weighted by molar-refractivity contribution is 9.10. The Bertz CT molecular complexity index is 541. The van der Waals surface area contributed by atoms with E-state index in [0.717, 1.165) is 21.3 Å². The molecule has 3 nitrogen and oxygen atoms in total. The molecule has 0 fully saturated rings. The van der Waals surface area contributed by atoms with Gasteiger partial charge in [0.15, 0.2) is 5.82 Å². The molecule has 1 atom stereocenters. The topological polar surface area (TPSA) is 46.0 Å². The number of hydrogen-bond donors (Lipinski definition) is 1. The van der Waals surface area contributed by atoms with E-state index in [2.05, 4.69) is 25.9 Å². The van der Waals surface area contributed by atoms with Crippen LogP contribution < -0.4 is 0 Å². The third-order valence-corrected chi connectivity index (χ3v) is 3.04. The van der Waals surface area contributed by atoms with Crippen molar-refractivity contribution in [2.45, 2.75) is 20.0 Å². The molecular weight excluding hydrogens is 280 g/mol. The van der Waals surface area contributed by atoms with Crippen LogP contribution in [0.5, 0.6) is 0 Å². The van der Waals surface area contributed by atoms with Crippen molar-refractivity contribution in [1.29, 1.82) is 0 Å².